The number of nitrogens with one attached hydrogen (secondary N) is 2. The van der Waals surface area contributed by atoms with Crippen LogP contribution in [0.4, 0.5) is 5.69 Å². The molecule has 1 aliphatic rings. The van der Waals surface area contributed by atoms with Crippen LogP contribution in [0.3, 0.4) is 0 Å². The molecule has 0 aliphatic carbocycles. The van der Waals surface area contributed by atoms with E-state index < -0.39 is 0 Å². The average Bonchev–Trinajstić information content (AvgIpc) is 2.32. The van der Waals surface area contributed by atoms with Gasteiger partial charge in [0, 0.05) is 0 Å². The van der Waals surface area contributed by atoms with Crippen molar-refractivity contribution in [2.75, 3.05) is 11.9 Å². The number of piperidine rings is 1. The molecule has 0 spiro atoms. The van der Waals surface area contributed by atoms with Gasteiger partial charge in [0.1, 0.15) is 0 Å². The summed E-state index contributed by atoms with van der Waals surface area (Å²) in [4.78, 5) is 12.0. The molecule has 4 heteroatoms. The molecule has 17 heavy (non-hydrogen) atoms. The molecule has 2 N–H and O–H groups in total. The van der Waals surface area contributed by atoms with Gasteiger partial charge in [-0.1, -0.05) is 30.7 Å². The number of amides is 1. The van der Waals surface area contributed by atoms with Crippen LogP contribution < -0.4 is 10.6 Å². The van der Waals surface area contributed by atoms with Gasteiger partial charge in [-0.05, 0) is 37.4 Å². The Labute approximate surface area is 107 Å². The lowest BCUT2D eigenvalue weighted by atomic mass is 9.94. The van der Waals surface area contributed by atoms with Crippen LogP contribution in [0.15, 0.2) is 24.3 Å². The molecule has 1 saturated heterocycles. The van der Waals surface area contributed by atoms with E-state index in [0.717, 1.165) is 19.4 Å². The molecule has 0 saturated carbocycles. The van der Waals surface area contributed by atoms with Crippen LogP contribution in [0.25, 0.3) is 0 Å². The molecule has 1 amide bonds. The molecule has 2 unspecified atom stereocenters. The molecule has 0 bridgehead atoms. The number of hydrogen-bond donors (Lipinski definition) is 2. The Kier molecular flexibility index (Phi) is 4.02. The lowest BCUT2D eigenvalue weighted by Gasteiger charge is -2.27. The first-order chi connectivity index (χ1) is 8.16. The van der Waals surface area contributed by atoms with Crippen LogP contribution >= 0.6 is 11.6 Å². The van der Waals surface area contributed by atoms with E-state index in [-0.39, 0.29) is 11.9 Å². The Bertz CT molecular complexity index is 408. The van der Waals surface area contributed by atoms with Crippen LogP contribution in [0.5, 0.6) is 0 Å². The molecular formula is C13H17ClN2O. The van der Waals surface area contributed by atoms with Gasteiger partial charge in [0.25, 0.3) is 0 Å². The maximum absolute atomic E-state index is 12.0. The number of para-hydroxylation sites is 1. The number of carbonyl (C=O) groups excluding carboxylic acids is 1. The Morgan fingerprint density at radius 2 is 2.24 bits per heavy atom. The summed E-state index contributed by atoms with van der Waals surface area (Å²) in [6.07, 6.45) is 2.02. The molecule has 92 valence electrons. The lowest BCUT2D eigenvalue weighted by Crippen LogP contribution is -2.45. The van der Waals surface area contributed by atoms with Gasteiger partial charge in [0.2, 0.25) is 5.91 Å². The third-order valence-electron chi connectivity index (χ3n) is 3.11. The van der Waals surface area contributed by atoms with E-state index in [2.05, 4.69) is 17.6 Å². The first-order valence-corrected chi connectivity index (χ1v) is 6.33. The number of halogens is 1. The second-order valence-electron chi connectivity index (χ2n) is 4.61. The zero-order chi connectivity index (χ0) is 12.3. The summed E-state index contributed by atoms with van der Waals surface area (Å²) in [6.45, 7) is 3.08. The van der Waals surface area contributed by atoms with Gasteiger partial charge in [0.15, 0.2) is 0 Å². The number of carbonyl (C=O) groups is 1. The zero-order valence-electron chi connectivity index (χ0n) is 9.87. The van der Waals surface area contributed by atoms with Gasteiger partial charge in [0.05, 0.1) is 16.8 Å². The minimum Gasteiger partial charge on any atom is -0.323 e. The van der Waals surface area contributed by atoms with E-state index in [4.69, 9.17) is 11.6 Å². The van der Waals surface area contributed by atoms with E-state index in [1.807, 2.05) is 18.2 Å². The predicted molar refractivity (Wildman–Crippen MR) is 70.3 cm³/mol. The summed E-state index contributed by atoms with van der Waals surface area (Å²) in [5, 5.41) is 6.67. The second-order valence-corrected chi connectivity index (χ2v) is 5.01. The van der Waals surface area contributed by atoms with Crippen molar-refractivity contribution in [3.05, 3.63) is 29.3 Å². The monoisotopic (exact) mass is 252 g/mol. The fraction of sp³-hybridized carbons (Fsp3) is 0.462. The van der Waals surface area contributed by atoms with Crippen LogP contribution in [0, 0.1) is 5.92 Å². The Morgan fingerprint density at radius 1 is 1.47 bits per heavy atom. The van der Waals surface area contributed by atoms with Crippen LogP contribution in [-0.2, 0) is 4.79 Å². The summed E-state index contributed by atoms with van der Waals surface area (Å²) in [5.41, 5.74) is 0.680. The van der Waals surface area contributed by atoms with E-state index in [9.17, 15) is 4.79 Å². The van der Waals surface area contributed by atoms with Crippen molar-refractivity contribution in [1.82, 2.24) is 5.32 Å². The zero-order valence-corrected chi connectivity index (χ0v) is 10.6. The molecule has 1 heterocycles. The van der Waals surface area contributed by atoms with E-state index in [1.165, 1.54) is 0 Å². The van der Waals surface area contributed by atoms with E-state index in [1.54, 1.807) is 6.07 Å². The quantitative estimate of drug-likeness (QED) is 0.850. The summed E-state index contributed by atoms with van der Waals surface area (Å²) in [6, 6.07) is 7.19. The minimum atomic E-state index is -0.102. The smallest absolute Gasteiger partial charge is 0.241 e. The number of rotatable bonds is 2. The van der Waals surface area contributed by atoms with E-state index >= 15 is 0 Å². The first-order valence-electron chi connectivity index (χ1n) is 5.95. The molecule has 2 rings (SSSR count). The summed E-state index contributed by atoms with van der Waals surface area (Å²) >= 11 is 6.00. The highest BCUT2D eigenvalue weighted by molar-refractivity contribution is 6.33. The molecule has 0 aromatic heterocycles. The van der Waals surface area contributed by atoms with Crippen LogP contribution in [-0.4, -0.2) is 18.5 Å². The number of anilines is 1. The standard InChI is InChI=1S/C13H17ClN2O/c1-9-6-7-15-12(8-9)13(17)16-11-5-3-2-4-10(11)14/h2-5,9,12,15H,6-8H2,1H3,(H,16,17). The van der Waals surface area contributed by atoms with Crippen molar-refractivity contribution in [3.8, 4) is 0 Å². The van der Waals surface area contributed by atoms with Crippen molar-refractivity contribution in [2.24, 2.45) is 5.92 Å². The minimum absolute atomic E-state index is 0.00431. The van der Waals surface area contributed by atoms with Crippen molar-refractivity contribution in [1.29, 1.82) is 0 Å². The molecule has 1 aliphatic heterocycles. The van der Waals surface area contributed by atoms with Crippen LogP contribution in [0.1, 0.15) is 19.8 Å². The summed E-state index contributed by atoms with van der Waals surface area (Å²) < 4.78 is 0. The molecule has 3 nitrogen and oxygen atoms in total. The summed E-state index contributed by atoms with van der Waals surface area (Å²) in [7, 11) is 0. The highest BCUT2D eigenvalue weighted by atomic mass is 35.5. The van der Waals surface area contributed by atoms with Gasteiger partial charge in [-0.25, -0.2) is 0 Å². The highest BCUT2D eigenvalue weighted by Crippen LogP contribution is 2.22. The predicted octanol–water partition coefficient (Wildman–Crippen LogP) is 2.67. The largest absolute Gasteiger partial charge is 0.323 e. The molecule has 1 aromatic rings. The lowest BCUT2D eigenvalue weighted by molar-refractivity contribution is -0.119. The van der Waals surface area contributed by atoms with Crippen molar-refractivity contribution in [3.63, 3.8) is 0 Å². The van der Waals surface area contributed by atoms with Gasteiger partial charge >= 0.3 is 0 Å². The Balaban J connectivity index is 1.99. The third kappa shape index (κ3) is 3.20. The average molecular weight is 253 g/mol. The second kappa shape index (κ2) is 5.52. The Hall–Kier alpha value is -1.06. The molecule has 1 aromatic carbocycles. The highest BCUT2D eigenvalue weighted by Gasteiger charge is 2.24. The number of benzene rings is 1. The topological polar surface area (TPSA) is 41.1 Å². The molecular weight excluding hydrogens is 236 g/mol. The van der Waals surface area contributed by atoms with Gasteiger partial charge in [-0.3, -0.25) is 4.79 Å². The summed E-state index contributed by atoms with van der Waals surface area (Å²) in [5.74, 6) is 0.600. The van der Waals surface area contributed by atoms with Crippen LogP contribution in [0.2, 0.25) is 5.02 Å². The normalized spacial score (nSPS) is 24.4. The fourth-order valence-electron chi connectivity index (χ4n) is 2.09. The SMILES string of the molecule is CC1CCNC(C(=O)Nc2ccccc2Cl)C1. The van der Waals surface area contributed by atoms with Crippen molar-refractivity contribution in [2.45, 2.75) is 25.8 Å². The van der Waals surface area contributed by atoms with Gasteiger partial charge < -0.3 is 10.6 Å². The maximum atomic E-state index is 12.0. The Morgan fingerprint density at radius 3 is 2.94 bits per heavy atom. The third-order valence-corrected chi connectivity index (χ3v) is 3.44. The first kappa shape index (κ1) is 12.4. The molecule has 2 atom stereocenters. The molecule has 1 fully saturated rings. The maximum Gasteiger partial charge on any atom is 0.241 e. The van der Waals surface area contributed by atoms with Crippen molar-refractivity contribution >= 4 is 23.2 Å². The van der Waals surface area contributed by atoms with Crippen molar-refractivity contribution < 1.29 is 4.79 Å². The van der Waals surface area contributed by atoms with Gasteiger partial charge in [-0.15, -0.1) is 0 Å². The van der Waals surface area contributed by atoms with Gasteiger partial charge in [-0.2, -0.15) is 0 Å². The van der Waals surface area contributed by atoms with E-state index in [0.29, 0.717) is 16.6 Å². The number of hydrogen-bond acceptors (Lipinski definition) is 2. The fourth-order valence-corrected chi connectivity index (χ4v) is 2.27. The molecule has 0 radical (unpaired) electrons.